The number of thioether (sulfide) groups is 1. The molecule has 0 spiro atoms. The van der Waals surface area contributed by atoms with E-state index in [0.29, 0.717) is 5.17 Å². The molecule has 2 heterocycles. The molecule has 3 rings (SSSR count). The van der Waals surface area contributed by atoms with Crippen molar-refractivity contribution in [3.05, 3.63) is 29.3 Å². The second-order valence-electron chi connectivity index (χ2n) is 7.00. The van der Waals surface area contributed by atoms with Crippen LogP contribution in [0.3, 0.4) is 0 Å². The zero-order valence-corrected chi connectivity index (χ0v) is 16.7. The molecular weight excluding hydrogens is 356 g/mol. The molecule has 25 heavy (non-hydrogen) atoms. The van der Waals surface area contributed by atoms with Crippen molar-refractivity contribution in [3.8, 4) is 0 Å². The molecule has 2 fully saturated rings. The normalized spacial score (nSPS) is 27.5. The molecule has 7 heteroatoms. The Morgan fingerprint density at radius 1 is 1.36 bits per heavy atom. The molecule has 1 aromatic rings. The third-order valence-corrected chi connectivity index (χ3v) is 8.14. The van der Waals surface area contributed by atoms with Gasteiger partial charge in [0, 0.05) is 16.9 Å². The zero-order chi connectivity index (χ0) is 18.4. The number of hydrogen-bond donors (Lipinski definition) is 0. The summed E-state index contributed by atoms with van der Waals surface area (Å²) >= 11 is 1.43. The van der Waals surface area contributed by atoms with Crippen molar-refractivity contribution < 1.29 is 13.2 Å². The molecule has 1 amide bonds. The first-order chi connectivity index (χ1) is 11.7. The van der Waals surface area contributed by atoms with Gasteiger partial charge in [-0.05, 0) is 37.5 Å². The van der Waals surface area contributed by atoms with E-state index in [1.54, 1.807) is 0 Å². The molecule has 2 saturated heterocycles. The number of benzene rings is 1. The number of rotatable bonds is 3. The van der Waals surface area contributed by atoms with Crippen LogP contribution in [-0.2, 0) is 14.6 Å². The van der Waals surface area contributed by atoms with Gasteiger partial charge in [-0.25, -0.2) is 8.42 Å². The fourth-order valence-electron chi connectivity index (χ4n) is 3.20. The highest BCUT2D eigenvalue weighted by molar-refractivity contribution is 8.16. The molecule has 5 nitrogen and oxygen atoms in total. The maximum Gasteiger partial charge on any atom is 0.250 e. The summed E-state index contributed by atoms with van der Waals surface area (Å²) in [4.78, 5) is 18.7. The van der Waals surface area contributed by atoms with E-state index < -0.39 is 9.84 Å². The van der Waals surface area contributed by atoms with Gasteiger partial charge in [0.05, 0.1) is 17.5 Å². The summed E-state index contributed by atoms with van der Waals surface area (Å²) in [5.74, 6) is 0.00956. The number of carbonyl (C=O) groups excluding carboxylic acids is 1. The highest BCUT2D eigenvalue weighted by Crippen LogP contribution is 2.42. The minimum atomic E-state index is -3.04. The van der Waals surface area contributed by atoms with Gasteiger partial charge in [-0.3, -0.25) is 4.79 Å². The third-order valence-electron chi connectivity index (χ3n) is 4.93. The molecular formula is C18H24N2O3S2. The summed E-state index contributed by atoms with van der Waals surface area (Å²) in [5.41, 5.74) is 3.11. The number of nitrogens with zero attached hydrogens (tertiary/aromatic N) is 2. The van der Waals surface area contributed by atoms with Crippen molar-refractivity contribution in [2.45, 2.75) is 45.4 Å². The summed E-state index contributed by atoms with van der Waals surface area (Å²) in [6.45, 7) is 7.86. The SMILES string of the molecule is CC[C@@H](C)C(=O)N=C1S[C@H]2CS(=O)(=O)C[C@H]2N1c1cc(C)ccc1C. The number of sulfone groups is 1. The summed E-state index contributed by atoms with van der Waals surface area (Å²) in [6, 6.07) is 5.96. The zero-order valence-electron chi connectivity index (χ0n) is 15.0. The molecule has 0 saturated carbocycles. The second-order valence-corrected chi connectivity index (χ2v) is 10.4. The Balaban J connectivity index is 2.05. The average Bonchev–Trinajstić information content (AvgIpc) is 3.00. The van der Waals surface area contributed by atoms with Crippen LogP contribution >= 0.6 is 11.8 Å². The molecule has 0 aliphatic carbocycles. The van der Waals surface area contributed by atoms with Gasteiger partial charge in [-0.2, -0.15) is 4.99 Å². The van der Waals surface area contributed by atoms with Crippen LogP contribution in [0.1, 0.15) is 31.4 Å². The maximum absolute atomic E-state index is 12.4. The van der Waals surface area contributed by atoms with Crippen molar-refractivity contribution in [2.75, 3.05) is 16.4 Å². The quantitative estimate of drug-likeness (QED) is 0.806. The van der Waals surface area contributed by atoms with Gasteiger partial charge >= 0.3 is 0 Å². The van der Waals surface area contributed by atoms with E-state index in [2.05, 4.69) is 4.99 Å². The lowest BCUT2D eigenvalue weighted by Crippen LogP contribution is -2.38. The Labute approximate surface area is 153 Å². The van der Waals surface area contributed by atoms with E-state index in [9.17, 15) is 13.2 Å². The van der Waals surface area contributed by atoms with Gasteiger partial charge in [0.15, 0.2) is 15.0 Å². The Morgan fingerprint density at radius 3 is 2.76 bits per heavy atom. The number of carbonyl (C=O) groups is 1. The molecule has 2 aliphatic heterocycles. The topological polar surface area (TPSA) is 66.8 Å². The van der Waals surface area contributed by atoms with Gasteiger partial charge in [-0.1, -0.05) is 37.7 Å². The predicted octanol–water partition coefficient (Wildman–Crippen LogP) is 2.95. The van der Waals surface area contributed by atoms with Gasteiger partial charge in [0.25, 0.3) is 5.91 Å². The molecule has 136 valence electrons. The summed E-state index contributed by atoms with van der Waals surface area (Å²) in [6.07, 6.45) is 0.741. The fraction of sp³-hybridized carbons (Fsp3) is 0.556. The highest BCUT2D eigenvalue weighted by Gasteiger charge is 2.49. The van der Waals surface area contributed by atoms with E-state index in [4.69, 9.17) is 0 Å². The molecule has 0 bridgehead atoms. The first kappa shape index (κ1) is 18.5. The minimum absolute atomic E-state index is 0.0617. The lowest BCUT2D eigenvalue weighted by Gasteiger charge is -2.26. The van der Waals surface area contributed by atoms with Crippen LogP contribution in [0.5, 0.6) is 0 Å². The molecule has 1 aromatic carbocycles. The monoisotopic (exact) mass is 380 g/mol. The largest absolute Gasteiger partial charge is 0.315 e. The van der Waals surface area contributed by atoms with Crippen LogP contribution in [-0.4, -0.2) is 42.3 Å². The second kappa shape index (κ2) is 6.76. The van der Waals surface area contributed by atoms with Crippen molar-refractivity contribution in [1.82, 2.24) is 0 Å². The number of hydrogen-bond acceptors (Lipinski definition) is 4. The van der Waals surface area contributed by atoms with Crippen molar-refractivity contribution in [1.29, 1.82) is 0 Å². The van der Waals surface area contributed by atoms with E-state index in [1.807, 2.05) is 50.8 Å². The Kier molecular flexibility index (Phi) is 4.99. The lowest BCUT2D eigenvalue weighted by molar-refractivity contribution is -0.121. The van der Waals surface area contributed by atoms with Crippen LogP contribution in [0.25, 0.3) is 0 Å². The number of anilines is 1. The van der Waals surface area contributed by atoms with E-state index in [1.165, 1.54) is 11.8 Å². The predicted molar refractivity (Wildman–Crippen MR) is 104 cm³/mol. The average molecular weight is 381 g/mol. The van der Waals surface area contributed by atoms with E-state index >= 15 is 0 Å². The molecule has 0 aromatic heterocycles. The number of aliphatic imine (C=N–C) groups is 1. The van der Waals surface area contributed by atoms with Crippen molar-refractivity contribution >= 4 is 38.4 Å². The smallest absolute Gasteiger partial charge is 0.250 e. The standard InChI is InChI=1S/C18H24N2O3S2/c1-5-12(3)17(21)19-18-20(14-8-11(2)6-7-13(14)4)15-9-25(22,23)10-16(15)24-18/h6-8,12,15-16H,5,9-10H2,1-4H3/t12-,15-,16+/m1/s1. The maximum atomic E-state index is 12.4. The Bertz CT molecular complexity index is 833. The number of amides is 1. The number of amidine groups is 1. The minimum Gasteiger partial charge on any atom is -0.315 e. The molecule has 0 unspecified atom stereocenters. The van der Waals surface area contributed by atoms with Crippen LogP contribution in [0.4, 0.5) is 5.69 Å². The van der Waals surface area contributed by atoms with Gasteiger partial charge in [-0.15, -0.1) is 0 Å². The van der Waals surface area contributed by atoms with Gasteiger partial charge in [0.1, 0.15) is 0 Å². The summed E-state index contributed by atoms with van der Waals surface area (Å²) in [5, 5.41) is 0.581. The molecule has 3 atom stereocenters. The van der Waals surface area contributed by atoms with Gasteiger partial charge in [0.2, 0.25) is 0 Å². The van der Waals surface area contributed by atoms with Crippen molar-refractivity contribution in [3.63, 3.8) is 0 Å². The van der Waals surface area contributed by atoms with E-state index in [0.717, 1.165) is 23.2 Å². The van der Waals surface area contributed by atoms with Crippen LogP contribution < -0.4 is 4.90 Å². The number of fused-ring (bicyclic) bond motifs is 1. The van der Waals surface area contributed by atoms with Crippen LogP contribution in [0, 0.1) is 19.8 Å². The molecule has 0 radical (unpaired) electrons. The summed E-state index contributed by atoms with van der Waals surface area (Å²) in [7, 11) is -3.04. The highest BCUT2D eigenvalue weighted by atomic mass is 32.2. The van der Waals surface area contributed by atoms with Crippen LogP contribution in [0.2, 0.25) is 0 Å². The van der Waals surface area contributed by atoms with Gasteiger partial charge < -0.3 is 4.90 Å². The third kappa shape index (κ3) is 3.62. The Hall–Kier alpha value is -1.34. The summed E-state index contributed by atoms with van der Waals surface area (Å²) < 4.78 is 24.2. The molecule has 2 aliphatic rings. The van der Waals surface area contributed by atoms with Crippen LogP contribution in [0.15, 0.2) is 23.2 Å². The first-order valence-electron chi connectivity index (χ1n) is 8.58. The first-order valence-corrected chi connectivity index (χ1v) is 11.3. The fourth-order valence-corrected chi connectivity index (χ4v) is 7.12. The van der Waals surface area contributed by atoms with Crippen molar-refractivity contribution in [2.24, 2.45) is 10.9 Å². The Morgan fingerprint density at radius 2 is 2.08 bits per heavy atom. The molecule has 0 N–H and O–H groups in total. The number of aryl methyl sites for hydroxylation is 2. The lowest BCUT2D eigenvalue weighted by atomic mass is 10.1. The van der Waals surface area contributed by atoms with E-state index in [-0.39, 0.29) is 34.6 Å².